The highest BCUT2D eigenvalue weighted by Gasteiger charge is 2.26. The second-order valence-electron chi connectivity index (χ2n) is 7.26. The van der Waals surface area contributed by atoms with Gasteiger partial charge < -0.3 is 4.90 Å². The molecule has 1 aliphatic rings. The molecule has 0 saturated heterocycles. The zero-order chi connectivity index (χ0) is 19.9. The van der Waals surface area contributed by atoms with Gasteiger partial charge in [0.1, 0.15) is 5.82 Å². The molecule has 28 heavy (non-hydrogen) atoms. The molecule has 0 unspecified atom stereocenters. The van der Waals surface area contributed by atoms with Crippen LogP contribution in [0.4, 0.5) is 0 Å². The Bertz CT molecular complexity index is 823. The number of carbonyl (C=O) groups excluding carboxylic acids is 1. The van der Waals surface area contributed by atoms with Crippen LogP contribution in [0.5, 0.6) is 0 Å². The Labute approximate surface area is 170 Å². The molecule has 6 nitrogen and oxygen atoms in total. The second kappa shape index (κ2) is 9.74. The molecule has 0 N–H and O–H groups in total. The van der Waals surface area contributed by atoms with E-state index in [1.165, 1.54) is 31.0 Å². The summed E-state index contributed by atoms with van der Waals surface area (Å²) in [4.78, 5) is 19.0. The van der Waals surface area contributed by atoms with Crippen LogP contribution in [0.15, 0.2) is 35.5 Å². The molecule has 7 heteroatoms. The summed E-state index contributed by atoms with van der Waals surface area (Å²) in [5.41, 5.74) is 1.01. The highest BCUT2D eigenvalue weighted by Crippen LogP contribution is 2.34. The van der Waals surface area contributed by atoms with Crippen LogP contribution in [-0.2, 0) is 4.79 Å². The molecule has 1 saturated carbocycles. The van der Waals surface area contributed by atoms with Crippen molar-refractivity contribution in [1.82, 2.24) is 19.7 Å². The molecular weight excluding hydrogens is 370 g/mol. The number of nitriles is 1. The van der Waals surface area contributed by atoms with Crippen molar-refractivity contribution in [2.75, 3.05) is 13.6 Å². The summed E-state index contributed by atoms with van der Waals surface area (Å²) in [5, 5.41) is 13.8. The molecule has 1 aromatic carbocycles. The van der Waals surface area contributed by atoms with E-state index in [1.807, 2.05) is 41.9 Å². The minimum Gasteiger partial charge on any atom is -0.344 e. The van der Waals surface area contributed by atoms with Gasteiger partial charge in [0.2, 0.25) is 11.1 Å². The van der Waals surface area contributed by atoms with Crippen molar-refractivity contribution in [2.45, 2.75) is 61.8 Å². The van der Waals surface area contributed by atoms with E-state index >= 15 is 0 Å². The van der Waals surface area contributed by atoms with Crippen molar-refractivity contribution >= 4 is 17.7 Å². The van der Waals surface area contributed by atoms with E-state index in [0.717, 1.165) is 24.4 Å². The van der Waals surface area contributed by atoms with E-state index in [-0.39, 0.29) is 11.2 Å². The maximum absolute atomic E-state index is 12.5. The third-order valence-electron chi connectivity index (χ3n) is 5.15. The summed E-state index contributed by atoms with van der Waals surface area (Å²) in [6.45, 7) is 2.32. The Kier molecular flexibility index (Phi) is 7.10. The minimum absolute atomic E-state index is 0.00414. The molecule has 148 valence electrons. The smallest absolute Gasteiger partial charge is 0.235 e. The first kappa shape index (κ1) is 20.4. The lowest BCUT2D eigenvalue weighted by Gasteiger charge is -2.21. The van der Waals surface area contributed by atoms with Crippen LogP contribution in [0.25, 0.3) is 5.69 Å². The largest absolute Gasteiger partial charge is 0.344 e. The van der Waals surface area contributed by atoms with Crippen molar-refractivity contribution in [3.63, 3.8) is 0 Å². The molecule has 1 amide bonds. The summed E-state index contributed by atoms with van der Waals surface area (Å²) in [6.07, 6.45) is 6.37. The number of aromatic nitrogens is 3. The van der Waals surface area contributed by atoms with Crippen LogP contribution < -0.4 is 0 Å². The van der Waals surface area contributed by atoms with Crippen LogP contribution in [0.2, 0.25) is 0 Å². The summed E-state index contributed by atoms with van der Waals surface area (Å²) >= 11 is 1.39. The number of nitrogens with zero attached hydrogens (tertiary/aromatic N) is 5. The zero-order valence-electron chi connectivity index (χ0n) is 16.5. The average molecular weight is 398 g/mol. The Morgan fingerprint density at radius 1 is 1.32 bits per heavy atom. The Morgan fingerprint density at radius 3 is 2.71 bits per heavy atom. The van der Waals surface area contributed by atoms with Gasteiger partial charge in [0, 0.05) is 19.5 Å². The van der Waals surface area contributed by atoms with Gasteiger partial charge in [0.25, 0.3) is 0 Å². The van der Waals surface area contributed by atoms with E-state index in [4.69, 9.17) is 15.3 Å². The lowest BCUT2D eigenvalue weighted by molar-refractivity contribution is -0.128. The molecule has 1 aliphatic carbocycles. The van der Waals surface area contributed by atoms with Crippen molar-refractivity contribution in [3.8, 4) is 11.8 Å². The lowest BCUT2D eigenvalue weighted by atomic mass is 9.88. The van der Waals surface area contributed by atoms with Gasteiger partial charge in [-0.1, -0.05) is 49.2 Å². The Morgan fingerprint density at radius 2 is 2.04 bits per heavy atom. The van der Waals surface area contributed by atoms with Crippen LogP contribution >= 0.6 is 11.8 Å². The lowest BCUT2D eigenvalue weighted by Crippen LogP contribution is -2.33. The van der Waals surface area contributed by atoms with Crippen molar-refractivity contribution in [1.29, 1.82) is 5.26 Å². The summed E-state index contributed by atoms with van der Waals surface area (Å²) in [6, 6.07) is 12.2. The minimum atomic E-state index is -0.297. The first-order valence-corrected chi connectivity index (χ1v) is 10.8. The van der Waals surface area contributed by atoms with E-state index in [9.17, 15) is 4.79 Å². The molecule has 0 spiro atoms. The normalized spacial score (nSPS) is 15.8. The van der Waals surface area contributed by atoms with Crippen molar-refractivity contribution in [2.24, 2.45) is 0 Å². The number of thioether (sulfide) groups is 1. The van der Waals surface area contributed by atoms with Gasteiger partial charge in [-0.15, -0.1) is 5.10 Å². The van der Waals surface area contributed by atoms with E-state index in [2.05, 4.69) is 6.07 Å². The number of rotatable bonds is 7. The van der Waals surface area contributed by atoms with Gasteiger partial charge in [-0.25, -0.2) is 9.67 Å². The Hall–Kier alpha value is -2.33. The van der Waals surface area contributed by atoms with Crippen LogP contribution in [0.3, 0.4) is 0 Å². The van der Waals surface area contributed by atoms with E-state index in [1.54, 1.807) is 11.9 Å². The third kappa shape index (κ3) is 4.93. The monoisotopic (exact) mass is 397 g/mol. The zero-order valence-corrected chi connectivity index (χ0v) is 17.4. The quantitative estimate of drug-likeness (QED) is 0.656. The second-order valence-corrected chi connectivity index (χ2v) is 8.57. The van der Waals surface area contributed by atoms with E-state index in [0.29, 0.717) is 24.0 Å². The fourth-order valence-electron chi connectivity index (χ4n) is 3.59. The van der Waals surface area contributed by atoms with E-state index < -0.39 is 0 Å². The highest BCUT2D eigenvalue weighted by atomic mass is 32.2. The molecule has 0 aliphatic heterocycles. The Balaban J connectivity index is 1.81. The van der Waals surface area contributed by atoms with Crippen LogP contribution in [-0.4, -0.2) is 44.4 Å². The van der Waals surface area contributed by atoms with Gasteiger partial charge in [-0.05, 0) is 31.9 Å². The molecule has 1 heterocycles. The van der Waals surface area contributed by atoms with Crippen molar-refractivity contribution < 1.29 is 4.79 Å². The average Bonchev–Trinajstić information content (AvgIpc) is 3.16. The molecule has 1 aromatic heterocycles. The fourth-order valence-corrected chi connectivity index (χ4v) is 4.46. The molecule has 0 radical (unpaired) electrons. The molecular formula is C21H27N5OS. The van der Waals surface area contributed by atoms with Crippen LogP contribution in [0.1, 0.15) is 57.2 Å². The number of para-hydroxylation sites is 1. The third-order valence-corrected chi connectivity index (χ3v) is 6.09. The molecule has 1 atom stereocenters. The predicted octanol–water partition coefficient (Wildman–Crippen LogP) is 4.17. The number of carbonyl (C=O) groups is 1. The van der Waals surface area contributed by atoms with Gasteiger partial charge in [-0.3, -0.25) is 4.79 Å². The predicted molar refractivity (Wildman–Crippen MR) is 110 cm³/mol. The summed E-state index contributed by atoms with van der Waals surface area (Å²) in [5.74, 6) is 1.42. The first-order chi connectivity index (χ1) is 13.6. The van der Waals surface area contributed by atoms with Gasteiger partial charge in [0.05, 0.1) is 23.4 Å². The number of benzene rings is 1. The highest BCUT2D eigenvalue weighted by molar-refractivity contribution is 8.00. The first-order valence-electron chi connectivity index (χ1n) is 9.91. The standard InChI is InChI=1S/C21H27N5OS/c1-16(20(27)25(2)15-9-14-22)28-21-23-19(17-10-5-3-6-11-17)26(24-21)18-12-7-4-8-13-18/h4,7-8,12-13,16-17H,3,5-6,9-11,15H2,1-2H3/t16-/m0/s1. The summed E-state index contributed by atoms with van der Waals surface area (Å²) < 4.78 is 1.95. The summed E-state index contributed by atoms with van der Waals surface area (Å²) in [7, 11) is 1.74. The number of amides is 1. The molecule has 3 rings (SSSR count). The van der Waals surface area contributed by atoms with Gasteiger partial charge >= 0.3 is 0 Å². The number of hydrogen-bond acceptors (Lipinski definition) is 5. The maximum atomic E-state index is 12.5. The topological polar surface area (TPSA) is 74.8 Å². The number of hydrogen-bond donors (Lipinski definition) is 0. The van der Waals surface area contributed by atoms with Crippen molar-refractivity contribution in [3.05, 3.63) is 36.2 Å². The van der Waals surface area contributed by atoms with Gasteiger partial charge in [0.15, 0.2) is 0 Å². The molecule has 2 aromatic rings. The fraction of sp³-hybridized carbons (Fsp3) is 0.524. The van der Waals surface area contributed by atoms with Crippen LogP contribution in [0, 0.1) is 11.3 Å². The SMILES string of the molecule is C[C@H](Sc1nc(C2CCCCC2)n(-c2ccccc2)n1)C(=O)N(C)CCC#N. The molecule has 0 bridgehead atoms. The van der Waals surface area contributed by atoms with Gasteiger partial charge in [-0.2, -0.15) is 5.26 Å². The molecule has 1 fully saturated rings. The maximum Gasteiger partial charge on any atom is 0.235 e.